The summed E-state index contributed by atoms with van der Waals surface area (Å²) >= 11 is 0. The molecule has 0 fully saturated rings. The number of methoxy groups -OCH3 is 1. The third-order valence-electron chi connectivity index (χ3n) is 6.65. The third kappa shape index (κ3) is 7.75. The second-order valence-corrected chi connectivity index (χ2v) is 12.9. The van der Waals surface area contributed by atoms with Crippen LogP contribution in [0.15, 0.2) is 71.6 Å². The first-order valence-corrected chi connectivity index (χ1v) is 15.1. The number of carbonyl (C=O) groups excluding carboxylic acids is 2. The van der Waals surface area contributed by atoms with Crippen molar-refractivity contribution in [1.82, 2.24) is 10.2 Å². The Morgan fingerprint density at radius 3 is 2.33 bits per heavy atom. The van der Waals surface area contributed by atoms with Gasteiger partial charge in [0.25, 0.3) is 10.0 Å². The van der Waals surface area contributed by atoms with Crippen LogP contribution >= 0.6 is 0 Å². The van der Waals surface area contributed by atoms with Crippen LogP contribution in [0.4, 0.5) is 10.1 Å². The minimum Gasteiger partial charge on any atom is -0.497 e. The lowest BCUT2D eigenvalue weighted by Crippen LogP contribution is -2.54. The van der Waals surface area contributed by atoms with Crippen LogP contribution in [0.5, 0.6) is 17.2 Å². The molecule has 12 heteroatoms. The van der Waals surface area contributed by atoms with Crippen molar-refractivity contribution in [3.8, 4) is 17.2 Å². The smallest absolute Gasteiger partial charge is 0.264 e. The van der Waals surface area contributed by atoms with E-state index in [-0.39, 0.29) is 29.5 Å². The van der Waals surface area contributed by atoms with Gasteiger partial charge in [0.15, 0.2) is 11.5 Å². The van der Waals surface area contributed by atoms with E-state index >= 15 is 0 Å². The van der Waals surface area contributed by atoms with Gasteiger partial charge in [0.2, 0.25) is 11.8 Å². The Balaban J connectivity index is 1.73. The second kappa shape index (κ2) is 12.9. The summed E-state index contributed by atoms with van der Waals surface area (Å²) in [7, 11) is -2.86. The molecule has 3 aromatic carbocycles. The van der Waals surface area contributed by atoms with E-state index in [9.17, 15) is 22.4 Å². The van der Waals surface area contributed by atoms with E-state index in [2.05, 4.69) is 5.32 Å². The van der Waals surface area contributed by atoms with Gasteiger partial charge in [-0.3, -0.25) is 13.9 Å². The molecule has 0 aliphatic carbocycles. The number of hydrogen-bond donors (Lipinski definition) is 1. The van der Waals surface area contributed by atoms with Gasteiger partial charge in [-0.1, -0.05) is 12.1 Å². The fraction of sp³-hybridized carbons (Fsp3) is 0.355. The Morgan fingerprint density at radius 2 is 1.67 bits per heavy atom. The largest absolute Gasteiger partial charge is 0.497 e. The summed E-state index contributed by atoms with van der Waals surface area (Å²) in [5.41, 5.74) is 0.168. The normalized spacial score (nSPS) is 13.5. The standard InChI is InChI=1S/C31H36FN3O7S/c1-21(30(37)33-31(2,3)4)34(19-22-7-6-8-25(17-22)40-5)29(36)20-35(24-11-9-23(32)10-12-24)43(38,39)26-13-14-27-28(18-26)42-16-15-41-27/h6-14,17-18,21H,15-16,19-20H2,1-5H3,(H,33,37). The number of ether oxygens (including phenoxy) is 3. The maximum absolute atomic E-state index is 14.1. The SMILES string of the molecule is COc1cccc(CN(C(=O)CN(c2ccc(F)cc2)S(=O)(=O)c2ccc3c(c2)OCCO3)C(C)C(=O)NC(C)(C)C)c1. The lowest BCUT2D eigenvalue weighted by Gasteiger charge is -2.33. The summed E-state index contributed by atoms with van der Waals surface area (Å²) in [6, 6.07) is 15.0. The summed E-state index contributed by atoms with van der Waals surface area (Å²) in [6.07, 6.45) is 0. The molecule has 0 aromatic heterocycles. The average molecular weight is 614 g/mol. The minimum atomic E-state index is -4.38. The Labute approximate surface area is 251 Å². The second-order valence-electron chi connectivity index (χ2n) is 11.1. The van der Waals surface area contributed by atoms with Crippen molar-refractivity contribution < 1.29 is 36.6 Å². The van der Waals surface area contributed by atoms with Crippen LogP contribution < -0.4 is 23.8 Å². The minimum absolute atomic E-state index is 0.00388. The molecular weight excluding hydrogens is 577 g/mol. The van der Waals surface area contributed by atoms with Crippen molar-refractivity contribution in [1.29, 1.82) is 0 Å². The van der Waals surface area contributed by atoms with Gasteiger partial charge in [-0.15, -0.1) is 0 Å². The molecule has 2 amide bonds. The topological polar surface area (TPSA) is 114 Å². The average Bonchev–Trinajstić information content (AvgIpc) is 2.97. The van der Waals surface area contributed by atoms with E-state index in [0.29, 0.717) is 23.7 Å². The predicted octanol–water partition coefficient (Wildman–Crippen LogP) is 4.13. The molecule has 1 atom stereocenters. The van der Waals surface area contributed by atoms with E-state index in [1.807, 2.05) is 20.8 Å². The number of amides is 2. The molecule has 10 nitrogen and oxygen atoms in total. The van der Waals surface area contributed by atoms with Gasteiger partial charge in [0, 0.05) is 18.2 Å². The predicted molar refractivity (Wildman–Crippen MR) is 159 cm³/mol. The summed E-state index contributed by atoms with van der Waals surface area (Å²) in [4.78, 5) is 28.5. The van der Waals surface area contributed by atoms with Crippen LogP contribution in [0.25, 0.3) is 0 Å². The summed E-state index contributed by atoms with van der Waals surface area (Å²) in [5.74, 6) is -0.413. The van der Waals surface area contributed by atoms with Gasteiger partial charge in [-0.2, -0.15) is 0 Å². The number of nitrogens with one attached hydrogen (secondary N) is 1. The summed E-state index contributed by atoms with van der Waals surface area (Å²) in [5, 5.41) is 2.88. The molecule has 0 saturated heterocycles. The number of nitrogens with zero attached hydrogens (tertiary/aromatic N) is 2. The number of hydrogen-bond acceptors (Lipinski definition) is 7. The molecule has 1 aliphatic heterocycles. The van der Waals surface area contributed by atoms with Crippen molar-refractivity contribution in [3.05, 3.63) is 78.1 Å². The molecule has 0 saturated carbocycles. The van der Waals surface area contributed by atoms with Gasteiger partial charge in [0.1, 0.15) is 37.4 Å². The molecule has 43 heavy (non-hydrogen) atoms. The Kier molecular flexibility index (Phi) is 9.49. The number of benzene rings is 3. The molecule has 1 aliphatic rings. The number of fused-ring (bicyclic) bond motifs is 1. The van der Waals surface area contributed by atoms with Crippen LogP contribution in [-0.2, 0) is 26.2 Å². The van der Waals surface area contributed by atoms with Crippen molar-refractivity contribution in [2.45, 2.75) is 50.7 Å². The quantitative estimate of drug-likeness (QED) is 0.366. The lowest BCUT2D eigenvalue weighted by molar-refractivity contribution is -0.140. The van der Waals surface area contributed by atoms with E-state index in [4.69, 9.17) is 14.2 Å². The van der Waals surface area contributed by atoms with Crippen LogP contribution in [-0.4, -0.2) is 63.6 Å². The van der Waals surface area contributed by atoms with Gasteiger partial charge in [-0.25, -0.2) is 12.8 Å². The molecule has 230 valence electrons. The number of halogens is 1. The monoisotopic (exact) mass is 613 g/mol. The number of anilines is 1. The molecule has 0 radical (unpaired) electrons. The highest BCUT2D eigenvalue weighted by atomic mass is 32.2. The van der Waals surface area contributed by atoms with E-state index in [0.717, 1.165) is 16.4 Å². The molecule has 0 spiro atoms. The van der Waals surface area contributed by atoms with Crippen molar-refractivity contribution in [2.75, 3.05) is 31.2 Å². The van der Waals surface area contributed by atoms with Gasteiger partial charge in [-0.05, 0) is 81.8 Å². The van der Waals surface area contributed by atoms with E-state index in [1.54, 1.807) is 31.2 Å². The van der Waals surface area contributed by atoms with Gasteiger partial charge in [0.05, 0.1) is 17.7 Å². The van der Waals surface area contributed by atoms with Gasteiger partial charge < -0.3 is 24.4 Å². The fourth-order valence-electron chi connectivity index (χ4n) is 4.47. The molecular formula is C31H36FN3O7S. The first-order chi connectivity index (χ1) is 20.3. The molecule has 3 aromatic rings. The highest BCUT2D eigenvalue weighted by Gasteiger charge is 2.34. The van der Waals surface area contributed by atoms with Crippen LogP contribution in [0.2, 0.25) is 0 Å². The number of rotatable bonds is 10. The zero-order valence-corrected chi connectivity index (χ0v) is 25.6. The first-order valence-electron chi connectivity index (χ1n) is 13.7. The highest BCUT2D eigenvalue weighted by molar-refractivity contribution is 7.92. The van der Waals surface area contributed by atoms with Crippen molar-refractivity contribution >= 4 is 27.5 Å². The lowest BCUT2D eigenvalue weighted by atomic mass is 10.1. The molecule has 0 bridgehead atoms. The van der Waals surface area contributed by atoms with Crippen molar-refractivity contribution in [3.63, 3.8) is 0 Å². The van der Waals surface area contributed by atoms with Crippen molar-refractivity contribution in [2.24, 2.45) is 0 Å². The van der Waals surface area contributed by atoms with Crippen LogP contribution in [0, 0.1) is 5.82 Å². The summed E-state index contributed by atoms with van der Waals surface area (Å²) in [6.45, 7) is 6.96. The maximum Gasteiger partial charge on any atom is 0.264 e. The van der Waals surface area contributed by atoms with Crippen LogP contribution in [0.3, 0.4) is 0 Å². The molecule has 1 unspecified atom stereocenters. The highest BCUT2D eigenvalue weighted by Crippen LogP contribution is 2.34. The molecule has 4 rings (SSSR count). The third-order valence-corrected chi connectivity index (χ3v) is 8.42. The maximum atomic E-state index is 14.1. The first kappa shape index (κ1) is 31.6. The Hall–Kier alpha value is -4.32. The zero-order valence-electron chi connectivity index (χ0n) is 24.8. The van der Waals surface area contributed by atoms with E-state index < -0.39 is 45.8 Å². The van der Waals surface area contributed by atoms with Crippen LogP contribution in [0.1, 0.15) is 33.3 Å². The Bertz CT molecular complexity index is 1570. The Morgan fingerprint density at radius 1 is 1.00 bits per heavy atom. The van der Waals surface area contributed by atoms with E-state index in [1.165, 1.54) is 42.3 Å². The molecule has 1 heterocycles. The number of sulfonamides is 1. The fourth-order valence-corrected chi connectivity index (χ4v) is 5.90. The zero-order chi connectivity index (χ0) is 31.4. The summed E-state index contributed by atoms with van der Waals surface area (Å²) < 4.78 is 59.3. The number of carbonyl (C=O) groups is 2. The van der Waals surface area contributed by atoms with Gasteiger partial charge >= 0.3 is 0 Å². The molecule has 1 N–H and O–H groups in total.